The lowest BCUT2D eigenvalue weighted by Crippen LogP contribution is -2.33. The zero-order chi connectivity index (χ0) is 16.9. The molecule has 1 N–H and O–H groups in total. The van der Waals surface area contributed by atoms with Crippen LogP contribution in [0, 0.1) is 5.92 Å². The molecule has 2 heterocycles. The van der Waals surface area contributed by atoms with E-state index in [-0.39, 0.29) is 6.10 Å². The van der Waals surface area contributed by atoms with Gasteiger partial charge >= 0.3 is 0 Å². The molecule has 0 amide bonds. The minimum Gasteiger partial charge on any atom is -0.491 e. The van der Waals surface area contributed by atoms with Crippen molar-refractivity contribution in [3.05, 3.63) is 36.7 Å². The van der Waals surface area contributed by atoms with Gasteiger partial charge < -0.3 is 15.0 Å². The highest BCUT2D eigenvalue weighted by atomic mass is 16.5. The molecule has 24 heavy (non-hydrogen) atoms. The van der Waals surface area contributed by atoms with Crippen LogP contribution in [0.15, 0.2) is 36.7 Å². The molecule has 0 saturated carbocycles. The Kier molecular flexibility index (Phi) is 5.18. The molecular formula is C19H26N4O. The Bertz CT molecular complexity index is 649. The van der Waals surface area contributed by atoms with Gasteiger partial charge in [0.1, 0.15) is 23.7 Å². The maximum absolute atomic E-state index is 5.67. The quantitative estimate of drug-likeness (QED) is 0.890. The van der Waals surface area contributed by atoms with Gasteiger partial charge in [0.05, 0.1) is 6.10 Å². The molecule has 128 valence electrons. The average molecular weight is 326 g/mol. The zero-order valence-electron chi connectivity index (χ0n) is 14.7. The van der Waals surface area contributed by atoms with Crippen molar-refractivity contribution in [1.29, 1.82) is 0 Å². The number of benzene rings is 1. The average Bonchev–Trinajstić information content (AvgIpc) is 2.57. The van der Waals surface area contributed by atoms with Crippen LogP contribution < -0.4 is 15.0 Å². The number of nitrogens with zero attached hydrogens (tertiary/aromatic N) is 3. The summed E-state index contributed by atoms with van der Waals surface area (Å²) in [5.41, 5.74) is 0.989. The van der Waals surface area contributed by atoms with Crippen LogP contribution in [0.3, 0.4) is 0 Å². The highest BCUT2D eigenvalue weighted by Gasteiger charge is 2.17. The van der Waals surface area contributed by atoms with Gasteiger partial charge in [0.15, 0.2) is 0 Å². The summed E-state index contributed by atoms with van der Waals surface area (Å²) in [4.78, 5) is 11.1. The van der Waals surface area contributed by atoms with Crippen molar-refractivity contribution in [2.45, 2.75) is 39.7 Å². The number of aromatic nitrogens is 2. The SMILES string of the molecule is CC1CCN(c2cc(Nc3ccc(OC(C)C)cc3)ncn2)CC1. The maximum Gasteiger partial charge on any atom is 0.135 e. The van der Waals surface area contributed by atoms with Crippen molar-refractivity contribution in [1.82, 2.24) is 9.97 Å². The van der Waals surface area contributed by atoms with Gasteiger partial charge in [-0.1, -0.05) is 6.92 Å². The highest BCUT2D eigenvalue weighted by Crippen LogP contribution is 2.24. The van der Waals surface area contributed by atoms with Crippen molar-refractivity contribution >= 4 is 17.3 Å². The van der Waals surface area contributed by atoms with Crippen LogP contribution in [-0.4, -0.2) is 29.2 Å². The summed E-state index contributed by atoms with van der Waals surface area (Å²) in [5.74, 6) is 3.50. The molecule has 5 heteroatoms. The molecule has 2 aromatic rings. The Morgan fingerprint density at radius 3 is 2.50 bits per heavy atom. The van der Waals surface area contributed by atoms with Gasteiger partial charge in [-0.05, 0) is 56.9 Å². The van der Waals surface area contributed by atoms with Crippen molar-refractivity contribution in [3.8, 4) is 5.75 Å². The first-order chi connectivity index (χ1) is 11.6. The van der Waals surface area contributed by atoms with E-state index < -0.39 is 0 Å². The van der Waals surface area contributed by atoms with E-state index in [9.17, 15) is 0 Å². The van der Waals surface area contributed by atoms with E-state index >= 15 is 0 Å². The van der Waals surface area contributed by atoms with Crippen molar-refractivity contribution in [3.63, 3.8) is 0 Å². The van der Waals surface area contributed by atoms with E-state index in [0.717, 1.165) is 42.1 Å². The van der Waals surface area contributed by atoms with Gasteiger partial charge in [0, 0.05) is 24.8 Å². The van der Waals surface area contributed by atoms with Gasteiger partial charge in [-0.3, -0.25) is 0 Å². The first-order valence-electron chi connectivity index (χ1n) is 8.71. The number of hydrogen-bond acceptors (Lipinski definition) is 5. The summed E-state index contributed by atoms with van der Waals surface area (Å²) in [6, 6.07) is 9.96. The number of anilines is 3. The van der Waals surface area contributed by atoms with Crippen molar-refractivity contribution < 1.29 is 4.74 Å². The van der Waals surface area contributed by atoms with Gasteiger partial charge in [-0.25, -0.2) is 9.97 Å². The fourth-order valence-electron chi connectivity index (χ4n) is 2.86. The van der Waals surface area contributed by atoms with Crippen molar-refractivity contribution in [2.24, 2.45) is 5.92 Å². The van der Waals surface area contributed by atoms with Crippen LogP contribution in [0.1, 0.15) is 33.6 Å². The van der Waals surface area contributed by atoms with Gasteiger partial charge in [-0.2, -0.15) is 0 Å². The number of piperidine rings is 1. The standard InChI is InChI=1S/C19H26N4O/c1-14(2)24-17-6-4-16(5-7-17)22-18-12-19(21-13-20-18)23-10-8-15(3)9-11-23/h4-7,12-15H,8-11H2,1-3H3,(H,20,21,22). The summed E-state index contributed by atoms with van der Waals surface area (Å²) in [5, 5.41) is 3.34. The van der Waals surface area contributed by atoms with E-state index in [0.29, 0.717) is 0 Å². The molecule has 0 unspecified atom stereocenters. The Morgan fingerprint density at radius 2 is 1.83 bits per heavy atom. The summed E-state index contributed by atoms with van der Waals surface area (Å²) < 4.78 is 5.67. The lowest BCUT2D eigenvalue weighted by atomic mass is 9.99. The van der Waals surface area contributed by atoms with Crippen molar-refractivity contribution in [2.75, 3.05) is 23.3 Å². The number of rotatable bonds is 5. The molecule has 1 aromatic carbocycles. The zero-order valence-corrected chi connectivity index (χ0v) is 14.7. The van der Waals surface area contributed by atoms with Gasteiger partial charge in [-0.15, -0.1) is 0 Å². The molecule has 5 nitrogen and oxygen atoms in total. The molecule has 1 aliphatic rings. The van der Waals surface area contributed by atoms with Crippen LogP contribution in [0.5, 0.6) is 5.75 Å². The predicted molar refractivity (Wildman–Crippen MR) is 98.1 cm³/mol. The fraction of sp³-hybridized carbons (Fsp3) is 0.474. The summed E-state index contributed by atoms with van der Waals surface area (Å²) in [6.07, 6.45) is 4.26. The predicted octanol–water partition coefficient (Wildman–Crippen LogP) is 4.24. The molecule has 1 fully saturated rings. The van der Waals surface area contributed by atoms with Crippen LogP contribution in [0.4, 0.5) is 17.3 Å². The Labute approximate surface area is 144 Å². The molecule has 1 aromatic heterocycles. The Hall–Kier alpha value is -2.30. The van der Waals surface area contributed by atoms with Crippen LogP contribution in [-0.2, 0) is 0 Å². The monoisotopic (exact) mass is 326 g/mol. The minimum atomic E-state index is 0.181. The van der Waals surface area contributed by atoms with Gasteiger partial charge in [0.2, 0.25) is 0 Å². The first-order valence-corrected chi connectivity index (χ1v) is 8.71. The molecular weight excluding hydrogens is 300 g/mol. The number of ether oxygens (including phenoxy) is 1. The third kappa shape index (κ3) is 4.37. The topological polar surface area (TPSA) is 50.3 Å². The lowest BCUT2D eigenvalue weighted by Gasteiger charge is -2.31. The van der Waals surface area contributed by atoms with Crippen LogP contribution in [0.25, 0.3) is 0 Å². The maximum atomic E-state index is 5.67. The molecule has 1 saturated heterocycles. The second-order valence-electron chi connectivity index (χ2n) is 6.75. The third-order valence-corrected chi connectivity index (χ3v) is 4.26. The summed E-state index contributed by atoms with van der Waals surface area (Å²) in [6.45, 7) is 8.50. The summed E-state index contributed by atoms with van der Waals surface area (Å²) >= 11 is 0. The molecule has 0 aliphatic carbocycles. The molecule has 0 bridgehead atoms. The highest BCUT2D eigenvalue weighted by molar-refractivity contribution is 5.60. The third-order valence-electron chi connectivity index (χ3n) is 4.26. The van der Waals surface area contributed by atoms with Crippen LogP contribution >= 0.6 is 0 Å². The van der Waals surface area contributed by atoms with E-state index in [4.69, 9.17) is 4.74 Å². The number of nitrogens with one attached hydrogen (secondary N) is 1. The smallest absolute Gasteiger partial charge is 0.135 e. The molecule has 1 aliphatic heterocycles. The van der Waals surface area contributed by atoms with E-state index in [1.54, 1.807) is 6.33 Å². The second kappa shape index (κ2) is 7.51. The fourth-order valence-corrected chi connectivity index (χ4v) is 2.86. The second-order valence-corrected chi connectivity index (χ2v) is 6.75. The largest absolute Gasteiger partial charge is 0.491 e. The molecule has 0 atom stereocenters. The van der Waals surface area contributed by atoms with E-state index in [1.807, 2.05) is 44.2 Å². The first kappa shape index (κ1) is 16.6. The molecule has 3 rings (SSSR count). The number of hydrogen-bond donors (Lipinski definition) is 1. The van der Waals surface area contributed by atoms with Crippen LogP contribution in [0.2, 0.25) is 0 Å². The Balaban J connectivity index is 1.66. The Morgan fingerprint density at radius 1 is 1.12 bits per heavy atom. The molecule has 0 radical (unpaired) electrons. The normalized spacial score (nSPS) is 15.6. The van der Waals surface area contributed by atoms with Gasteiger partial charge in [0.25, 0.3) is 0 Å². The lowest BCUT2D eigenvalue weighted by molar-refractivity contribution is 0.242. The van der Waals surface area contributed by atoms with E-state index in [1.165, 1.54) is 12.8 Å². The minimum absolute atomic E-state index is 0.181. The summed E-state index contributed by atoms with van der Waals surface area (Å²) in [7, 11) is 0. The molecule has 0 spiro atoms. The van der Waals surface area contributed by atoms with E-state index in [2.05, 4.69) is 27.1 Å².